The van der Waals surface area contributed by atoms with Crippen LogP contribution in [-0.2, 0) is 0 Å². The van der Waals surface area contributed by atoms with Crippen LogP contribution in [0.15, 0.2) is 6.07 Å². The maximum absolute atomic E-state index is 13.9. The zero-order valence-electron chi connectivity index (χ0n) is 11.9. The van der Waals surface area contributed by atoms with Gasteiger partial charge in [0, 0.05) is 26.2 Å². The Balaban J connectivity index is 2.20. The molecule has 1 aromatic heterocycles. The van der Waals surface area contributed by atoms with Crippen molar-refractivity contribution in [3.8, 4) is 0 Å². The molecule has 0 bridgehead atoms. The summed E-state index contributed by atoms with van der Waals surface area (Å²) in [6, 6.07) is 0.829. The molecule has 1 aliphatic rings. The maximum atomic E-state index is 13.9. The molecule has 6 heteroatoms. The van der Waals surface area contributed by atoms with Gasteiger partial charge in [0.25, 0.3) is 0 Å². The molecule has 0 aliphatic heterocycles. The number of nitrogens with zero attached hydrogens (tertiary/aromatic N) is 2. The Morgan fingerprint density at radius 2 is 2.00 bits per heavy atom. The lowest BCUT2D eigenvalue weighted by atomic mass is 10.0. The van der Waals surface area contributed by atoms with E-state index in [-0.39, 0.29) is 11.6 Å². The summed E-state index contributed by atoms with van der Waals surface area (Å²) in [7, 11) is 1.66. The second kappa shape index (κ2) is 5.91. The first-order valence-electron chi connectivity index (χ1n) is 6.98. The summed E-state index contributed by atoms with van der Waals surface area (Å²) in [5.74, 6) is -1.33. The van der Waals surface area contributed by atoms with Crippen LogP contribution in [-0.4, -0.2) is 35.8 Å². The predicted molar refractivity (Wildman–Crippen MR) is 75.0 cm³/mol. The second-order valence-corrected chi connectivity index (χ2v) is 5.44. The number of anilines is 2. The van der Waals surface area contributed by atoms with Crippen molar-refractivity contribution in [2.24, 2.45) is 0 Å². The van der Waals surface area contributed by atoms with Gasteiger partial charge in [-0.25, -0.2) is 13.8 Å². The summed E-state index contributed by atoms with van der Waals surface area (Å²) < 4.78 is 27.4. The van der Waals surface area contributed by atoms with Gasteiger partial charge in [0.05, 0.1) is 5.60 Å². The third-order valence-corrected chi connectivity index (χ3v) is 3.68. The van der Waals surface area contributed by atoms with Gasteiger partial charge in [-0.15, -0.1) is 0 Å². The van der Waals surface area contributed by atoms with E-state index in [2.05, 4.69) is 10.3 Å². The number of likely N-dealkylation sites (N-methyl/N-ethyl adjacent to an activating group) is 1. The highest BCUT2D eigenvalue weighted by atomic mass is 19.1. The minimum atomic E-state index is -0.796. The largest absolute Gasteiger partial charge is 0.388 e. The Morgan fingerprint density at radius 3 is 2.60 bits per heavy atom. The van der Waals surface area contributed by atoms with Crippen LogP contribution in [0.2, 0.25) is 0 Å². The molecule has 0 atom stereocenters. The number of rotatable bonds is 5. The van der Waals surface area contributed by atoms with Crippen LogP contribution in [0.4, 0.5) is 20.4 Å². The highest BCUT2D eigenvalue weighted by Gasteiger charge is 2.33. The summed E-state index contributed by atoms with van der Waals surface area (Å²) >= 11 is 0. The molecular weight excluding hydrogens is 264 g/mol. The molecule has 20 heavy (non-hydrogen) atoms. The molecule has 1 heterocycles. The molecule has 2 rings (SSSR count). The molecule has 0 saturated heterocycles. The van der Waals surface area contributed by atoms with Crippen molar-refractivity contribution in [2.75, 3.05) is 30.4 Å². The lowest BCUT2D eigenvalue weighted by Gasteiger charge is -2.29. The van der Waals surface area contributed by atoms with E-state index in [1.165, 1.54) is 0 Å². The van der Waals surface area contributed by atoms with Gasteiger partial charge in [-0.05, 0) is 19.8 Å². The van der Waals surface area contributed by atoms with Gasteiger partial charge in [-0.3, -0.25) is 0 Å². The van der Waals surface area contributed by atoms with Crippen molar-refractivity contribution in [3.05, 3.63) is 17.7 Å². The molecule has 1 saturated carbocycles. The molecule has 0 amide bonds. The Bertz CT molecular complexity index is 476. The first-order chi connectivity index (χ1) is 9.45. The number of halogens is 2. The van der Waals surface area contributed by atoms with Crippen molar-refractivity contribution in [3.63, 3.8) is 0 Å². The first kappa shape index (κ1) is 15.0. The van der Waals surface area contributed by atoms with Gasteiger partial charge in [-0.1, -0.05) is 12.8 Å². The minimum Gasteiger partial charge on any atom is -0.388 e. The van der Waals surface area contributed by atoms with E-state index in [1.54, 1.807) is 11.9 Å². The molecule has 0 spiro atoms. The fraction of sp³-hybridized carbons (Fsp3) is 0.643. The molecule has 112 valence electrons. The van der Waals surface area contributed by atoms with Crippen LogP contribution < -0.4 is 10.2 Å². The highest BCUT2D eigenvalue weighted by molar-refractivity contribution is 5.49. The molecule has 2 N–H and O–H groups in total. The number of aromatic nitrogens is 1. The summed E-state index contributed by atoms with van der Waals surface area (Å²) in [5.41, 5.74) is -0.796. The van der Waals surface area contributed by atoms with E-state index in [9.17, 15) is 13.9 Å². The van der Waals surface area contributed by atoms with Gasteiger partial charge in [-0.2, -0.15) is 0 Å². The minimum absolute atomic E-state index is 0.0363. The zero-order chi connectivity index (χ0) is 14.8. The molecule has 4 nitrogen and oxygen atoms in total. The van der Waals surface area contributed by atoms with Gasteiger partial charge in [0.2, 0.25) is 0 Å². The fourth-order valence-electron chi connectivity index (χ4n) is 2.72. The van der Waals surface area contributed by atoms with Crippen LogP contribution in [0, 0.1) is 11.6 Å². The van der Waals surface area contributed by atoms with Crippen LogP contribution in [0.5, 0.6) is 0 Å². The van der Waals surface area contributed by atoms with E-state index in [1.807, 2.05) is 6.92 Å². The summed E-state index contributed by atoms with van der Waals surface area (Å²) in [4.78, 5) is 5.54. The van der Waals surface area contributed by atoms with Crippen LogP contribution in [0.3, 0.4) is 0 Å². The second-order valence-electron chi connectivity index (χ2n) is 5.44. The number of aliphatic hydroxyl groups is 1. The molecular formula is C14H21F2N3O. The van der Waals surface area contributed by atoms with Crippen molar-refractivity contribution < 1.29 is 13.9 Å². The lowest BCUT2D eigenvalue weighted by molar-refractivity contribution is 0.0557. The summed E-state index contributed by atoms with van der Waals surface area (Å²) in [6.07, 6.45) is 3.37. The average molecular weight is 285 g/mol. The number of hydrogen-bond acceptors (Lipinski definition) is 4. The smallest absolute Gasteiger partial charge is 0.168 e. The van der Waals surface area contributed by atoms with Crippen molar-refractivity contribution in [2.45, 2.75) is 38.2 Å². The number of pyridine rings is 1. The third-order valence-electron chi connectivity index (χ3n) is 3.68. The highest BCUT2D eigenvalue weighted by Crippen LogP contribution is 2.31. The first-order valence-corrected chi connectivity index (χ1v) is 6.98. The van der Waals surface area contributed by atoms with E-state index < -0.39 is 17.2 Å². The Morgan fingerprint density at radius 1 is 1.35 bits per heavy atom. The third kappa shape index (κ3) is 3.17. The molecule has 0 unspecified atom stereocenters. The van der Waals surface area contributed by atoms with Crippen molar-refractivity contribution in [1.82, 2.24) is 4.98 Å². The summed E-state index contributed by atoms with van der Waals surface area (Å²) in [6.45, 7) is 2.62. The van der Waals surface area contributed by atoms with Gasteiger partial charge >= 0.3 is 0 Å². The van der Waals surface area contributed by atoms with Gasteiger partial charge < -0.3 is 15.3 Å². The Hall–Kier alpha value is -1.43. The van der Waals surface area contributed by atoms with Crippen LogP contribution >= 0.6 is 0 Å². The summed E-state index contributed by atoms with van der Waals surface area (Å²) in [5, 5.41) is 13.1. The lowest BCUT2D eigenvalue weighted by Crippen LogP contribution is -2.40. The SMILES string of the molecule is CCNc1nc(N(C)CC2(O)CCCC2)c(F)cc1F. The molecule has 1 fully saturated rings. The molecule has 1 aliphatic carbocycles. The molecule has 0 aromatic carbocycles. The topological polar surface area (TPSA) is 48.4 Å². The normalized spacial score (nSPS) is 17.2. The molecule has 0 radical (unpaired) electrons. The van der Waals surface area contributed by atoms with Crippen LogP contribution in [0.25, 0.3) is 0 Å². The average Bonchev–Trinajstić information content (AvgIpc) is 2.79. The van der Waals surface area contributed by atoms with Gasteiger partial charge in [0.15, 0.2) is 23.3 Å². The monoisotopic (exact) mass is 285 g/mol. The standard InChI is InChI=1S/C14H21F2N3O/c1-3-17-12-10(15)8-11(16)13(18-12)19(2)9-14(20)6-4-5-7-14/h8,20H,3-7,9H2,1-2H3,(H,17,18). The quantitative estimate of drug-likeness (QED) is 0.873. The zero-order valence-corrected chi connectivity index (χ0v) is 11.9. The fourth-order valence-corrected chi connectivity index (χ4v) is 2.72. The van der Waals surface area contributed by atoms with E-state index >= 15 is 0 Å². The van der Waals surface area contributed by atoms with Gasteiger partial charge in [0.1, 0.15) is 0 Å². The Labute approximate surface area is 117 Å². The van der Waals surface area contributed by atoms with Crippen molar-refractivity contribution in [1.29, 1.82) is 0 Å². The number of nitrogens with one attached hydrogen (secondary N) is 1. The maximum Gasteiger partial charge on any atom is 0.168 e. The predicted octanol–water partition coefficient (Wildman–Crippen LogP) is 2.53. The van der Waals surface area contributed by atoms with Crippen molar-refractivity contribution >= 4 is 11.6 Å². The van der Waals surface area contributed by atoms with Crippen LogP contribution in [0.1, 0.15) is 32.6 Å². The number of hydrogen-bond donors (Lipinski definition) is 2. The van der Waals surface area contributed by atoms with E-state index in [4.69, 9.17) is 0 Å². The van der Waals surface area contributed by atoms with E-state index in [0.717, 1.165) is 18.9 Å². The molecule has 1 aromatic rings. The Kier molecular flexibility index (Phi) is 4.42. The van der Waals surface area contributed by atoms with E-state index in [0.29, 0.717) is 25.9 Å².